The third-order valence-electron chi connectivity index (χ3n) is 3.26. The summed E-state index contributed by atoms with van der Waals surface area (Å²) in [5, 5.41) is 3.66. The van der Waals surface area contributed by atoms with E-state index in [2.05, 4.69) is 10.3 Å². The first-order chi connectivity index (χ1) is 11.7. The van der Waals surface area contributed by atoms with Crippen LogP contribution in [0.1, 0.15) is 18.9 Å². The Balaban J connectivity index is 1.74. The molecule has 2 aromatic carbocycles. The third kappa shape index (κ3) is 3.83. The molecule has 24 heavy (non-hydrogen) atoms. The number of hydrogen-bond donors (Lipinski definition) is 1. The van der Waals surface area contributed by atoms with E-state index in [0.717, 1.165) is 15.2 Å². The molecule has 0 aliphatic carbocycles. The number of nitrogens with zero attached hydrogens (tertiary/aromatic N) is 1. The summed E-state index contributed by atoms with van der Waals surface area (Å²) in [7, 11) is 0. The van der Waals surface area contributed by atoms with Crippen LogP contribution in [0.15, 0.2) is 42.5 Å². The number of fused-ring (bicyclic) bond motifs is 1. The van der Waals surface area contributed by atoms with E-state index < -0.39 is 0 Å². The molecule has 1 amide bonds. The first kappa shape index (κ1) is 16.3. The van der Waals surface area contributed by atoms with Crippen molar-refractivity contribution in [2.75, 3.05) is 11.9 Å². The zero-order chi connectivity index (χ0) is 16.9. The molecule has 6 heteroatoms. The number of hydrogen-bond acceptors (Lipinski definition) is 5. The van der Waals surface area contributed by atoms with Crippen LogP contribution in [0, 0.1) is 0 Å². The zero-order valence-electron chi connectivity index (χ0n) is 13.5. The van der Waals surface area contributed by atoms with Crippen LogP contribution < -0.4 is 14.8 Å². The number of thiazole rings is 1. The molecule has 0 aliphatic rings. The lowest BCUT2D eigenvalue weighted by Gasteiger charge is -2.12. The van der Waals surface area contributed by atoms with Crippen LogP contribution in [0.5, 0.6) is 11.5 Å². The van der Waals surface area contributed by atoms with Crippen LogP contribution >= 0.6 is 11.3 Å². The number of carbonyl (C=O) groups is 1. The van der Waals surface area contributed by atoms with Crippen LogP contribution in [-0.4, -0.2) is 17.5 Å². The fourth-order valence-corrected chi connectivity index (χ4v) is 3.17. The molecule has 0 fully saturated rings. The molecule has 1 aromatic heterocycles. The molecule has 3 rings (SSSR count). The number of amides is 1. The summed E-state index contributed by atoms with van der Waals surface area (Å²) in [4.78, 5) is 15.8. The molecular weight excluding hydrogens is 324 g/mol. The van der Waals surface area contributed by atoms with Gasteiger partial charge in [-0.25, -0.2) is 4.98 Å². The molecule has 0 radical (unpaired) electrons. The van der Waals surface area contributed by atoms with E-state index >= 15 is 0 Å². The molecule has 0 unspecified atom stereocenters. The van der Waals surface area contributed by atoms with Crippen LogP contribution in [0.3, 0.4) is 0 Å². The maximum Gasteiger partial charge on any atom is 0.221 e. The lowest BCUT2D eigenvalue weighted by atomic mass is 10.2. The van der Waals surface area contributed by atoms with Gasteiger partial charge in [0.25, 0.3) is 0 Å². The maximum absolute atomic E-state index is 11.2. The van der Waals surface area contributed by atoms with Crippen LogP contribution in [-0.2, 0) is 11.4 Å². The first-order valence-electron chi connectivity index (χ1n) is 7.67. The highest BCUT2D eigenvalue weighted by atomic mass is 32.1. The van der Waals surface area contributed by atoms with Crippen molar-refractivity contribution in [3.05, 3.63) is 47.5 Å². The number of para-hydroxylation sites is 1. The summed E-state index contributed by atoms with van der Waals surface area (Å²) in [6, 6.07) is 13.4. The predicted molar refractivity (Wildman–Crippen MR) is 95.9 cm³/mol. The second kappa shape index (κ2) is 7.31. The molecule has 3 aromatic rings. The van der Waals surface area contributed by atoms with E-state index in [1.54, 1.807) is 29.5 Å². The maximum atomic E-state index is 11.2. The molecule has 0 spiro atoms. The summed E-state index contributed by atoms with van der Waals surface area (Å²) in [6.07, 6.45) is 0. The van der Waals surface area contributed by atoms with Crippen LogP contribution in [0.25, 0.3) is 10.2 Å². The van der Waals surface area contributed by atoms with Crippen molar-refractivity contribution in [2.45, 2.75) is 20.5 Å². The molecule has 5 nitrogen and oxygen atoms in total. The van der Waals surface area contributed by atoms with Crippen molar-refractivity contribution in [1.82, 2.24) is 4.98 Å². The van der Waals surface area contributed by atoms with Crippen molar-refractivity contribution in [2.24, 2.45) is 0 Å². The van der Waals surface area contributed by atoms with E-state index in [0.29, 0.717) is 30.4 Å². The molecule has 0 aliphatic heterocycles. The molecular formula is C18H18N2O3S. The number of rotatable bonds is 6. The molecule has 124 valence electrons. The van der Waals surface area contributed by atoms with Crippen molar-refractivity contribution in [3.63, 3.8) is 0 Å². The monoisotopic (exact) mass is 342 g/mol. The summed E-state index contributed by atoms with van der Waals surface area (Å²) >= 11 is 1.62. The average Bonchev–Trinajstić information content (AvgIpc) is 2.98. The predicted octanol–water partition coefficient (Wildman–Crippen LogP) is 4.23. The summed E-state index contributed by atoms with van der Waals surface area (Å²) in [5.41, 5.74) is 1.62. The molecule has 0 saturated heterocycles. The molecule has 1 heterocycles. The van der Waals surface area contributed by atoms with E-state index in [1.807, 2.05) is 31.2 Å². The Kier molecular flexibility index (Phi) is 4.96. The summed E-state index contributed by atoms with van der Waals surface area (Å²) in [6.45, 7) is 4.26. The fraction of sp³-hybridized carbons (Fsp3) is 0.222. The van der Waals surface area contributed by atoms with Gasteiger partial charge in [0.2, 0.25) is 5.91 Å². The highest BCUT2D eigenvalue weighted by Gasteiger charge is 2.09. The number of anilines is 1. The highest BCUT2D eigenvalue weighted by Crippen LogP contribution is 2.30. The second-order valence-electron chi connectivity index (χ2n) is 5.14. The molecule has 1 N–H and O–H groups in total. The summed E-state index contributed by atoms with van der Waals surface area (Å²) < 4.78 is 12.5. The highest BCUT2D eigenvalue weighted by molar-refractivity contribution is 7.18. The topological polar surface area (TPSA) is 60.5 Å². The van der Waals surface area contributed by atoms with Crippen molar-refractivity contribution >= 4 is 33.1 Å². The van der Waals surface area contributed by atoms with Gasteiger partial charge in [-0.3, -0.25) is 4.79 Å². The smallest absolute Gasteiger partial charge is 0.221 e. The van der Waals surface area contributed by atoms with Crippen molar-refractivity contribution in [1.29, 1.82) is 0 Å². The van der Waals surface area contributed by atoms with E-state index in [9.17, 15) is 4.79 Å². The van der Waals surface area contributed by atoms with E-state index in [1.165, 1.54) is 6.92 Å². The number of benzene rings is 2. The fourth-order valence-electron chi connectivity index (χ4n) is 2.29. The van der Waals surface area contributed by atoms with Gasteiger partial charge in [-0.2, -0.15) is 0 Å². The average molecular weight is 342 g/mol. The van der Waals surface area contributed by atoms with Crippen LogP contribution in [0.2, 0.25) is 0 Å². The Labute approximate surface area is 144 Å². The lowest BCUT2D eigenvalue weighted by Crippen LogP contribution is -2.08. The number of aromatic nitrogens is 1. The first-order valence-corrected chi connectivity index (χ1v) is 8.49. The zero-order valence-corrected chi connectivity index (χ0v) is 14.4. The Morgan fingerprint density at radius 3 is 2.79 bits per heavy atom. The van der Waals surface area contributed by atoms with Gasteiger partial charge in [0.1, 0.15) is 23.1 Å². The third-order valence-corrected chi connectivity index (χ3v) is 4.27. The number of carbonyl (C=O) groups excluding carboxylic acids is 1. The lowest BCUT2D eigenvalue weighted by molar-refractivity contribution is -0.114. The standard InChI is InChI=1S/C18H18N2O3S/c1-3-22-16-10-13(8-9-14(16)19-12(2)21)23-11-18-20-15-6-4-5-7-17(15)24-18/h4-10H,3,11H2,1-2H3,(H,19,21). The van der Waals surface area contributed by atoms with Crippen LogP contribution in [0.4, 0.5) is 5.69 Å². The molecule has 0 saturated carbocycles. The Bertz CT molecular complexity index is 827. The Morgan fingerprint density at radius 1 is 1.21 bits per heavy atom. The number of nitrogens with one attached hydrogen (secondary N) is 1. The SMILES string of the molecule is CCOc1cc(OCc2nc3ccccc3s2)ccc1NC(C)=O. The van der Waals surface area contributed by atoms with Gasteiger partial charge in [-0.05, 0) is 31.2 Å². The van der Waals surface area contributed by atoms with Crippen molar-refractivity contribution < 1.29 is 14.3 Å². The van der Waals surface area contributed by atoms with Gasteiger partial charge in [0.05, 0.1) is 22.5 Å². The van der Waals surface area contributed by atoms with Gasteiger partial charge < -0.3 is 14.8 Å². The summed E-state index contributed by atoms with van der Waals surface area (Å²) in [5.74, 6) is 1.13. The quantitative estimate of drug-likeness (QED) is 0.728. The van der Waals surface area contributed by atoms with Gasteiger partial charge in [0, 0.05) is 13.0 Å². The molecule has 0 bridgehead atoms. The van der Waals surface area contributed by atoms with E-state index in [-0.39, 0.29) is 5.91 Å². The minimum atomic E-state index is -0.140. The van der Waals surface area contributed by atoms with Gasteiger partial charge in [-0.15, -0.1) is 11.3 Å². The van der Waals surface area contributed by atoms with Gasteiger partial charge in [0.15, 0.2) is 0 Å². The van der Waals surface area contributed by atoms with Gasteiger partial charge >= 0.3 is 0 Å². The van der Waals surface area contributed by atoms with Crippen molar-refractivity contribution in [3.8, 4) is 11.5 Å². The van der Waals surface area contributed by atoms with Gasteiger partial charge in [-0.1, -0.05) is 12.1 Å². The van der Waals surface area contributed by atoms with E-state index in [4.69, 9.17) is 9.47 Å². The Morgan fingerprint density at radius 2 is 2.04 bits per heavy atom. The Hall–Kier alpha value is -2.60. The second-order valence-corrected chi connectivity index (χ2v) is 6.25. The normalized spacial score (nSPS) is 10.6. The number of ether oxygens (including phenoxy) is 2. The minimum absolute atomic E-state index is 0.140. The minimum Gasteiger partial charge on any atom is -0.492 e. The molecule has 0 atom stereocenters. The largest absolute Gasteiger partial charge is 0.492 e.